The highest BCUT2D eigenvalue weighted by Gasteiger charge is 2.08. The minimum Gasteiger partial charge on any atom is -0.507 e. The van der Waals surface area contributed by atoms with Gasteiger partial charge in [-0.1, -0.05) is 36.4 Å². The summed E-state index contributed by atoms with van der Waals surface area (Å²) in [5.41, 5.74) is 2.26. The summed E-state index contributed by atoms with van der Waals surface area (Å²) in [4.78, 5) is 0. The molecule has 0 saturated carbocycles. The number of aromatic hydroxyl groups is 1. The topological polar surface area (TPSA) is 52.5 Å². The number of rotatable bonds is 6. The fourth-order valence-corrected chi connectivity index (χ4v) is 2.45. The number of aliphatic hydroxyl groups is 1. The Morgan fingerprint density at radius 2 is 1.80 bits per heavy atom. The molecule has 2 rings (SSSR count). The second-order valence-electron chi connectivity index (χ2n) is 4.74. The molecule has 0 aromatic heterocycles. The molecular weight excluding hydrogens is 318 g/mol. The first-order chi connectivity index (χ1) is 9.69. The van der Waals surface area contributed by atoms with E-state index in [-0.39, 0.29) is 18.4 Å². The summed E-state index contributed by atoms with van der Waals surface area (Å²) in [6.45, 7) is 0.741. The Hall–Kier alpha value is -1.36. The number of hydrogen-bond donors (Lipinski definition) is 3. The lowest BCUT2D eigenvalue weighted by atomic mass is 10.1. The van der Waals surface area contributed by atoms with E-state index in [1.165, 1.54) is 5.56 Å². The first kappa shape index (κ1) is 15.0. The van der Waals surface area contributed by atoms with Crippen LogP contribution in [0.4, 0.5) is 0 Å². The zero-order valence-electron chi connectivity index (χ0n) is 11.1. The lowest BCUT2D eigenvalue weighted by Crippen LogP contribution is -2.34. The van der Waals surface area contributed by atoms with Crippen LogP contribution in [0.1, 0.15) is 11.1 Å². The molecule has 0 aliphatic heterocycles. The van der Waals surface area contributed by atoms with Gasteiger partial charge in [0.05, 0.1) is 11.1 Å². The molecule has 1 atom stereocenters. The van der Waals surface area contributed by atoms with E-state index in [9.17, 15) is 10.2 Å². The lowest BCUT2D eigenvalue weighted by Gasteiger charge is -2.16. The molecule has 0 bridgehead atoms. The fourth-order valence-electron chi connectivity index (χ4n) is 2.02. The van der Waals surface area contributed by atoms with Crippen molar-refractivity contribution in [3.8, 4) is 5.75 Å². The van der Waals surface area contributed by atoms with E-state index in [0.717, 1.165) is 12.0 Å². The molecule has 0 aliphatic rings. The predicted molar refractivity (Wildman–Crippen MR) is 83.7 cm³/mol. The second-order valence-corrected chi connectivity index (χ2v) is 5.59. The number of halogens is 1. The number of phenols is 1. The van der Waals surface area contributed by atoms with Crippen LogP contribution >= 0.6 is 15.9 Å². The van der Waals surface area contributed by atoms with Crippen LogP contribution in [0.5, 0.6) is 5.75 Å². The average molecular weight is 336 g/mol. The molecule has 0 aliphatic carbocycles. The van der Waals surface area contributed by atoms with Crippen molar-refractivity contribution in [2.45, 2.75) is 19.0 Å². The zero-order valence-corrected chi connectivity index (χ0v) is 12.7. The normalized spacial score (nSPS) is 12.3. The van der Waals surface area contributed by atoms with Gasteiger partial charge in [-0.2, -0.15) is 0 Å². The number of aliphatic hydroxyl groups excluding tert-OH is 1. The summed E-state index contributed by atoms with van der Waals surface area (Å²) in [5, 5.41) is 22.2. The third-order valence-electron chi connectivity index (χ3n) is 3.15. The Bertz CT molecular complexity index is 545. The number of benzene rings is 2. The molecule has 3 nitrogen and oxygen atoms in total. The van der Waals surface area contributed by atoms with Crippen LogP contribution in [-0.4, -0.2) is 22.9 Å². The summed E-state index contributed by atoms with van der Waals surface area (Å²) in [6, 6.07) is 15.5. The molecule has 0 fully saturated rings. The maximum atomic E-state index is 9.45. The molecular formula is C16H18BrNO2. The van der Waals surface area contributed by atoms with Crippen molar-refractivity contribution in [2.75, 3.05) is 6.61 Å². The molecule has 0 saturated heterocycles. The second kappa shape index (κ2) is 7.43. The quantitative estimate of drug-likeness (QED) is 0.760. The van der Waals surface area contributed by atoms with Crippen LogP contribution in [0.2, 0.25) is 0 Å². The highest BCUT2D eigenvalue weighted by molar-refractivity contribution is 9.10. The van der Waals surface area contributed by atoms with E-state index in [1.807, 2.05) is 30.3 Å². The molecule has 3 N–H and O–H groups in total. The van der Waals surface area contributed by atoms with Gasteiger partial charge in [0.1, 0.15) is 5.75 Å². The summed E-state index contributed by atoms with van der Waals surface area (Å²) in [6.07, 6.45) is 0.788. The van der Waals surface area contributed by atoms with Gasteiger partial charge in [-0.3, -0.25) is 0 Å². The summed E-state index contributed by atoms with van der Waals surface area (Å²) < 4.78 is 0.681. The van der Waals surface area contributed by atoms with Gasteiger partial charge in [-0.25, -0.2) is 0 Å². The van der Waals surface area contributed by atoms with E-state index >= 15 is 0 Å². The lowest BCUT2D eigenvalue weighted by molar-refractivity contribution is 0.241. The molecule has 0 spiro atoms. The van der Waals surface area contributed by atoms with Crippen molar-refractivity contribution in [3.63, 3.8) is 0 Å². The van der Waals surface area contributed by atoms with Gasteiger partial charge in [-0.05, 0) is 45.6 Å². The van der Waals surface area contributed by atoms with Gasteiger partial charge in [0.15, 0.2) is 0 Å². The van der Waals surface area contributed by atoms with Crippen molar-refractivity contribution < 1.29 is 10.2 Å². The van der Waals surface area contributed by atoms with E-state index in [1.54, 1.807) is 6.07 Å². The zero-order chi connectivity index (χ0) is 14.4. The van der Waals surface area contributed by atoms with Crippen molar-refractivity contribution in [3.05, 3.63) is 64.1 Å². The maximum absolute atomic E-state index is 9.45. The van der Waals surface area contributed by atoms with Crippen LogP contribution < -0.4 is 5.32 Å². The highest BCUT2D eigenvalue weighted by Crippen LogP contribution is 2.24. The molecule has 0 heterocycles. The Balaban J connectivity index is 1.92. The van der Waals surface area contributed by atoms with Crippen LogP contribution in [0.15, 0.2) is 53.0 Å². The first-order valence-electron chi connectivity index (χ1n) is 6.54. The van der Waals surface area contributed by atoms with Crippen molar-refractivity contribution in [1.29, 1.82) is 0 Å². The molecule has 0 amide bonds. The van der Waals surface area contributed by atoms with Gasteiger partial charge in [0.2, 0.25) is 0 Å². The van der Waals surface area contributed by atoms with Crippen molar-refractivity contribution >= 4 is 15.9 Å². The third-order valence-corrected chi connectivity index (χ3v) is 3.79. The largest absolute Gasteiger partial charge is 0.507 e. The van der Waals surface area contributed by atoms with Crippen LogP contribution in [0, 0.1) is 0 Å². The molecule has 20 heavy (non-hydrogen) atoms. The minimum atomic E-state index is 0.0185. The van der Waals surface area contributed by atoms with Gasteiger partial charge in [-0.15, -0.1) is 0 Å². The number of nitrogens with one attached hydrogen (secondary N) is 1. The smallest absolute Gasteiger partial charge is 0.129 e. The van der Waals surface area contributed by atoms with E-state index in [4.69, 9.17) is 0 Å². The molecule has 0 unspecified atom stereocenters. The standard InChI is InChI=1S/C16H18BrNO2/c17-15-9-13(6-7-16(15)20)10-18-14(11-19)8-12-4-2-1-3-5-12/h1-7,9,14,18-20H,8,10-11H2/t14-/m1/s1. The van der Waals surface area contributed by atoms with E-state index in [2.05, 4.69) is 33.4 Å². The molecule has 4 heteroatoms. The van der Waals surface area contributed by atoms with Crippen LogP contribution in [0.3, 0.4) is 0 Å². The third kappa shape index (κ3) is 4.34. The highest BCUT2D eigenvalue weighted by atomic mass is 79.9. The Morgan fingerprint density at radius 1 is 1.05 bits per heavy atom. The Labute approximate surface area is 127 Å². The Morgan fingerprint density at radius 3 is 2.45 bits per heavy atom. The monoisotopic (exact) mass is 335 g/mol. The van der Waals surface area contributed by atoms with E-state index in [0.29, 0.717) is 11.0 Å². The first-order valence-corrected chi connectivity index (χ1v) is 7.34. The fraction of sp³-hybridized carbons (Fsp3) is 0.250. The van der Waals surface area contributed by atoms with Gasteiger partial charge < -0.3 is 15.5 Å². The van der Waals surface area contributed by atoms with Crippen LogP contribution in [0.25, 0.3) is 0 Å². The number of phenolic OH excluding ortho intramolecular Hbond substituents is 1. The summed E-state index contributed by atoms with van der Waals surface area (Å²) in [5.74, 6) is 0.233. The van der Waals surface area contributed by atoms with Crippen molar-refractivity contribution in [1.82, 2.24) is 5.32 Å². The molecule has 2 aromatic carbocycles. The predicted octanol–water partition coefficient (Wildman–Crippen LogP) is 2.85. The van der Waals surface area contributed by atoms with Gasteiger partial charge in [0.25, 0.3) is 0 Å². The van der Waals surface area contributed by atoms with Crippen molar-refractivity contribution in [2.24, 2.45) is 0 Å². The maximum Gasteiger partial charge on any atom is 0.129 e. The SMILES string of the molecule is OC[C@@H](Cc1ccccc1)NCc1ccc(O)c(Br)c1. The van der Waals surface area contributed by atoms with Gasteiger partial charge >= 0.3 is 0 Å². The van der Waals surface area contributed by atoms with E-state index < -0.39 is 0 Å². The average Bonchev–Trinajstić information content (AvgIpc) is 2.48. The molecule has 106 valence electrons. The van der Waals surface area contributed by atoms with Crippen LogP contribution in [-0.2, 0) is 13.0 Å². The Kier molecular flexibility index (Phi) is 5.59. The molecule has 2 aromatic rings. The minimum absolute atomic E-state index is 0.0185. The summed E-state index contributed by atoms with van der Waals surface area (Å²) in [7, 11) is 0. The molecule has 0 radical (unpaired) electrons. The number of hydrogen-bond acceptors (Lipinski definition) is 3. The van der Waals surface area contributed by atoms with Gasteiger partial charge in [0, 0.05) is 12.6 Å². The summed E-state index contributed by atoms with van der Waals surface area (Å²) >= 11 is 3.30.